The fraction of sp³-hybridized carbons (Fsp3) is 0.500. The quantitative estimate of drug-likeness (QED) is 0.641. The summed E-state index contributed by atoms with van der Waals surface area (Å²) in [6.07, 6.45) is 0.829. The van der Waals surface area contributed by atoms with Crippen LogP contribution in [0.3, 0.4) is 0 Å². The molecule has 0 unspecified atom stereocenters. The molecule has 0 bridgehead atoms. The lowest BCUT2D eigenvalue weighted by Gasteiger charge is -2.07. The Kier molecular flexibility index (Phi) is 7.81. The highest BCUT2D eigenvalue weighted by atomic mass is 16.5. The van der Waals surface area contributed by atoms with E-state index in [9.17, 15) is 4.79 Å². The Balaban J connectivity index is 2.25. The van der Waals surface area contributed by atoms with Crippen LogP contribution in [0, 0.1) is 0 Å². The molecule has 0 aromatic heterocycles. The molecule has 0 heterocycles. The summed E-state index contributed by atoms with van der Waals surface area (Å²) in [6.45, 7) is 2.70. The third kappa shape index (κ3) is 6.33. The van der Waals surface area contributed by atoms with Gasteiger partial charge in [0.05, 0.1) is 19.8 Å². The van der Waals surface area contributed by atoms with Crippen molar-refractivity contribution in [1.82, 2.24) is 5.32 Å². The maximum atomic E-state index is 11.8. The Morgan fingerprint density at radius 2 is 1.95 bits per heavy atom. The van der Waals surface area contributed by atoms with Gasteiger partial charge in [-0.25, -0.2) is 0 Å². The fourth-order valence-electron chi connectivity index (χ4n) is 1.57. The SMILES string of the molecule is COCCOCCNC(=O)c1ccc(CCN)cc1. The second kappa shape index (κ2) is 9.49. The predicted molar refractivity (Wildman–Crippen MR) is 74.2 cm³/mol. The summed E-state index contributed by atoms with van der Waals surface area (Å²) in [5.74, 6) is -0.0883. The summed E-state index contributed by atoms with van der Waals surface area (Å²) >= 11 is 0. The van der Waals surface area contributed by atoms with E-state index in [1.54, 1.807) is 7.11 Å². The van der Waals surface area contributed by atoms with E-state index in [4.69, 9.17) is 15.2 Å². The molecule has 3 N–H and O–H groups in total. The van der Waals surface area contributed by atoms with Crippen LogP contribution in [0.2, 0.25) is 0 Å². The van der Waals surface area contributed by atoms with Crippen molar-refractivity contribution in [2.45, 2.75) is 6.42 Å². The maximum absolute atomic E-state index is 11.8. The van der Waals surface area contributed by atoms with Crippen LogP contribution in [0.4, 0.5) is 0 Å². The molecule has 0 aliphatic rings. The lowest BCUT2D eigenvalue weighted by Crippen LogP contribution is -2.27. The van der Waals surface area contributed by atoms with Crippen LogP contribution >= 0.6 is 0 Å². The molecule has 0 spiro atoms. The van der Waals surface area contributed by atoms with E-state index in [2.05, 4.69) is 5.32 Å². The summed E-state index contributed by atoms with van der Waals surface area (Å²) in [7, 11) is 1.62. The standard InChI is InChI=1S/C14H22N2O3/c1-18-10-11-19-9-8-16-14(17)13-4-2-12(3-5-13)6-7-15/h2-5H,6-11,15H2,1H3,(H,16,17). The van der Waals surface area contributed by atoms with Gasteiger partial charge in [0.1, 0.15) is 0 Å². The minimum atomic E-state index is -0.0883. The lowest BCUT2D eigenvalue weighted by molar-refractivity contribution is 0.0692. The van der Waals surface area contributed by atoms with Gasteiger partial charge in [-0.3, -0.25) is 4.79 Å². The van der Waals surface area contributed by atoms with Gasteiger partial charge >= 0.3 is 0 Å². The molecule has 1 aromatic rings. The third-order valence-corrected chi connectivity index (χ3v) is 2.61. The highest BCUT2D eigenvalue weighted by Gasteiger charge is 2.04. The van der Waals surface area contributed by atoms with Crippen LogP contribution < -0.4 is 11.1 Å². The number of carbonyl (C=O) groups is 1. The molecule has 106 valence electrons. The van der Waals surface area contributed by atoms with Crippen LogP contribution in [0.15, 0.2) is 24.3 Å². The first-order valence-corrected chi connectivity index (χ1v) is 6.42. The summed E-state index contributed by atoms with van der Waals surface area (Å²) in [4.78, 5) is 11.8. The molecule has 0 fully saturated rings. The molecule has 1 amide bonds. The molecule has 0 aliphatic heterocycles. The van der Waals surface area contributed by atoms with Gasteiger partial charge in [-0.2, -0.15) is 0 Å². The van der Waals surface area contributed by atoms with Crippen molar-refractivity contribution >= 4 is 5.91 Å². The van der Waals surface area contributed by atoms with E-state index in [0.29, 0.717) is 38.5 Å². The van der Waals surface area contributed by atoms with Crippen LogP contribution in [-0.4, -0.2) is 45.9 Å². The Labute approximate surface area is 114 Å². The Morgan fingerprint density at radius 3 is 2.58 bits per heavy atom. The van der Waals surface area contributed by atoms with Crippen molar-refractivity contribution in [3.63, 3.8) is 0 Å². The summed E-state index contributed by atoms with van der Waals surface area (Å²) in [5.41, 5.74) is 7.26. The minimum absolute atomic E-state index is 0.0883. The Hall–Kier alpha value is -1.43. The van der Waals surface area contributed by atoms with Crippen molar-refractivity contribution in [2.24, 2.45) is 5.73 Å². The highest BCUT2D eigenvalue weighted by molar-refractivity contribution is 5.94. The lowest BCUT2D eigenvalue weighted by atomic mass is 10.1. The smallest absolute Gasteiger partial charge is 0.251 e. The number of ether oxygens (including phenoxy) is 2. The van der Waals surface area contributed by atoms with Crippen molar-refractivity contribution in [3.05, 3.63) is 35.4 Å². The average Bonchev–Trinajstić information content (AvgIpc) is 2.43. The summed E-state index contributed by atoms with van der Waals surface area (Å²) in [6, 6.07) is 7.48. The topological polar surface area (TPSA) is 73.6 Å². The molecule has 5 nitrogen and oxygen atoms in total. The van der Waals surface area contributed by atoms with Crippen LogP contribution in [0.25, 0.3) is 0 Å². The van der Waals surface area contributed by atoms with Crippen LogP contribution in [0.1, 0.15) is 15.9 Å². The monoisotopic (exact) mass is 266 g/mol. The molecule has 0 saturated carbocycles. The van der Waals surface area contributed by atoms with Gasteiger partial charge in [-0.15, -0.1) is 0 Å². The van der Waals surface area contributed by atoms with E-state index in [0.717, 1.165) is 12.0 Å². The predicted octanol–water partition coefficient (Wildman–Crippen LogP) is 0.581. The zero-order valence-corrected chi connectivity index (χ0v) is 11.4. The van der Waals surface area contributed by atoms with E-state index in [1.165, 1.54) is 0 Å². The Morgan fingerprint density at radius 1 is 1.21 bits per heavy atom. The highest BCUT2D eigenvalue weighted by Crippen LogP contribution is 2.04. The first kappa shape index (κ1) is 15.6. The van der Waals surface area contributed by atoms with E-state index in [1.807, 2.05) is 24.3 Å². The molecule has 0 saturated heterocycles. The van der Waals surface area contributed by atoms with E-state index < -0.39 is 0 Å². The summed E-state index contributed by atoms with van der Waals surface area (Å²) < 4.78 is 10.1. The van der Waals surface area contributed by atoms with Crippen molar-refractivity contribution in [1.29, 1.82) is 0 Å². The molecule has 5 heteroatoms. The summed E-state index contributed by atoms with van der Waals surface area (Å²) in [5, 5.41) is 2.80. The maximum Gasteiger partial charge on any atom is 0.251 e. The van der Waals surface area contributed by atoms with Crippen LogP contribution in [-0.2, 0) is 15.9 Å². The van der Waals surface area contributed by atoms with E-state index in [-0.39, 0.29) is 5.91 Å². The largest absolute Gasteiger partial charge is 0.382 e. The molecule has 0 atom stereocenters. The number of rotatable bonds is 9. The zero-order valence-electron chi connectivity index (χ0n) is 11.4. The fourth-order valence-corrected chi connectivity index (χ4v) is 1.57. The van der Waals surface area contributed by atoms with Gasteiger partial charge in [0.15, 0.2) is 0 Å². The number of nitrogens with two attached hydrogens (primary N) is 1. The normalized spacial score (nSPS) is 10.4. The molecule has 0 radical (unpaired) electrons. The minimum Gasteiger partial charge on any atom is -0.382 e. The van der Waals surface area contributed by atoms with E-state index >= 15 is 0 Å². The third-order valence-electron chi connectivity index (χ3n) is 2.61. The van der Waals surface area contributed by atoms with Gasteiger partial charge in [0.2, 0.25) is 0 Å². The van der Waals surface area contributed by atoms with Crippen LogP contribution in [0.5, 0.6) is 0 Å². The van der Waals surface area contributed by atoms with Crippen molar-refractivity contribution in [2.75, 3.05) is 40.0 Å². The van der Waals surface area contributed by atoms with Crippen molar-refractivity contribution in [3.8, 4) is 0 Å². The molecule has 1 aromatic carbocycles. The Bertz CT molecular complexity index is 365. The van der Waals surface area contributed by atoms with Gasteiger partial charge in [0, 0.05) is 19.2 Å². The number of hydrogen-bond donors (Lipinski definition) is 2. The first-order valence-electron chi connectivity index (χ1n) is 6.42. The molecule has 0 aliphatic carbocycles. The number of benzene rings is 1. The molecule has 19 heavy (non-hydrogen) atoms. The zero-order chi connectivity index (χ0) is 13.9. The second-order valence-corrected chi connectivity index (χ2v) is 4.10. The second-order valence-electron chi connectivity index (χ2n) is 4.10. The number of carbonyl (C=O) groups excluding carboxylic acids is 1. The number of nitrogens with one attached hydrogen (secondary N) is 1. The van der Waals surface area contributed by atoms with Crippen molar-refractivity contribution < 1.29 is 14.3 Å². The molecular formula is C14H22N2O3. The van der Waals surface area contributed by atoms with Gasteiger partial charge in [-0.1, -0.05) is 12.1 Å². The number of methoxy groups -OCH3 is 1. The van der Waals surface area contributed by atoms with Gasteiger partial charge in [0.25, 0.3) is 5.91 Å². The molecule has 1 rings (SSSR count). The molecular weight excluding hydrogens is 244 g/mol. The first-order chi connectivity index (χ1) is 9.27. The average molecular weight is 266 g/mol. The number of amides is 1. The number of hydrogen-bond acceptors (Lipinski definition) is 4. The van der Waals surface area contributed by atoms with Gasteiger partial charge < -0.3 is 20.5 Å². The van der Waals surface area contributed by atoms with Gasteiger partial charge in [-0.05, 0) is 30.7 Å².